The minimum Gasteiger partial charge on any atom is -0.497 e. The molecule has 0 aliphatic rings. The van der Waals surface area contributed by atoms with Crippen molar-refractivity contribution < 1.29 is 18.4 Å². The largest absolute Gasteiger partial charge is 0.497 e. The van der Waals surface area contributed by atoms with E-state index in [0.29, 0.717) is 18.1 Å². The number of oxazole rings is 1. The number of furan rings is 1. The highest BCUT2D eigenvalue weighted by Crippen LogP contribution is 2.25. The molecule has 0 aliphatic heterocycles. The van der Waals surface area contributed by atoms with Crippen molar-refractivity contribution in [2.45, 2.75) is 13.5 Å². The molecule has 0 unspecified atom stereocenters. The van der Waals surface area contributed by atoms with E-state index in [1.165, 1.54) is 6.39 Å². The van der Waals surface area contributed by atoms with Gasteiger partial charge in [-0.3, -0.25) is 4.79 Å². The fraction of sp³-hybridized carbons (Fsp3) is 0.176. The van der Waals surface area contributed by atoms with Crippen molar-refractivity contribution in [3.05, 3.63) is 60.0 Å². The molecule has 0 fully saturated rings. The van der Waals surface area contributed by atoms with Gasteiger partial charge < -0.3 is 18.9 Å². The standard InChI is InChI=1S/C17H16N2O4/c1-11-3-6-14(23-11)9-18-17(20)15-16(22-10-19-15)12-4-7-13(21-2)8-5-12/h3-8,10H,9H2,1-2H3,(H,18,20). The van der Waals surface area contributed by atoms with Gasteiger partial charge in [0.05, 0.1) is 13.7 Å². The molecule has 2 heterocycles. The molecule has 1 amide bonds. The molecule has 6 nitrogen and oxygen atoms in total. The number of amides is 1. The number of nitrogens with one attached hydrogen (secondary N) is 1. The third-order valence-electron chi connectivity index (χ3n) is 3.35. The van der Waals surface area contributed by atoms with Crippen LogP contribution in [0.25, 0.3) is 11.3 Å². The monoisotopic (exact) mass is 312 g/mol. The van der Waals surface area contributed by atoms with Crippen LogP contribution in [0.4, 0.5) is 0 Å². The van der Waals surface area contributed by atoms with Crippen LogP contribution in [0.5, 0.6) is 5.75 Å². The van der Waals surface area contributed by atoms with Crippen LogP contribution in [-0.4, -0.2) is 18.0 Å². The summed E-state index contributed by atoms with van der Waals surface area (Å²) in [6.45, 7) is 2.15. The van der Waals surface area contributed by atoms with Gasteiger partial charge in [0.1, 0.15) is 17.3 Å². The molecule has 6 heteroatoms. The quantitative estimate of drug-likeness (QED) is 0.783. The summed E-state index contributed by atoms with van der Waals surface area (Å²) >= 11 is 0. The van der Waals surface area contributed by atoms with Gasteiger partial charge in [-0.05, 0) is 43.3 Å². The number of carbonyl (C=O) groups excluding carboxylic acids is 1. The smallest absolute Gasteiger partial charge is 0.274 e. The van der Waals surface area contributed by atoms with Gasteiger partial charge in [-0.25, -0.2) is 4.98 Å². The molecule has 3 rings (SSSR count). The summed E-state index contributed by atoms with van der Waals surface area (Å²) in [7, 11) is 1.60. The Labute approximate surface area is 133 Å². The van der Waals surface area contributed by atoms with Crippen LogP contribution in [0.15, 0.2) is 51.6 Å². The Morgan fingerprint density at radius 3 is 2.65 bits per heavy atom. The number of aryl methyl sites for hydroxylation is 1. The fourth-order valence-corrected chi connectivity index (χ4v) is 2.19. The highest BCUT2D eigenvalue weighted by Gasteiger charge is 2.18. The topological polar surface area (TPSA) is 77.5 Å². The van der Waals surface area contributed by atoms with E-state index in [9.17, 15) is 4.79 Å². The van der Waals surface area contributed by atoms with Crippen LogP contribution in [0.1, 0.15) is 22.0 Å². The highest BCUT2D eigenvalue weighted by molar-refractivity contribution is 5.97. The number of benzene rings is 1. The number of ether oxygens (including phenoxy) is 1. The molecule has 0 atom stereocenters. The number of methoxy groups -OCH3 is 1. The maximum atomic E-state index is 12.3. The van der Waals surface area contributed by atoms with Gasteiger partial charge in [0.15, 0.2) is 17.8 Å². The van der Waals surface area contributed by atoms with E-state index in [2.05, 4.69) is 10.3 Å². The van der Waals surface area contributed by atoms with Crippen molar-refractivity contribution >= 4 is 5.91 Å². The van der Waals surface area contributed by atoms with Crippen LogP contribution in [-0.2, 0) is 6.54 Å². The molecule has 1 aromatic carbocycles. The zero-order valence-electron chi connectivity index (χ0n) is 12.8. The van der Waals surface area contributed by atoms with Crippen molar-refractivity contribution in [2.75, 3.05) is 7.11 Å². The molecule has 118 valence electrons. The number of aromatic nitrogens is 1. The first kappa shape index (κ1) is 14.9. The first-order valence-corrected chi connectivity index (χ1v) is 7.09. The maximum absolute atomic E-state index is 12.3. The Kier molecular flexibility index (Phi) is 4.14. The van der Waals surface area contributed by atoms with E-state index in [1.54, 1.807) is 19.2 Å². The van der Waals surface area contributed by atoms with E-state index in [-0.39, 0.29) is 11.6 Å². The lowest BCUT2D eigenvalue weighted by molar-refractivity contribution is 0.0943. The van der Waals surface area contributed by atoms with Gasteiger partial charge in [0.25, 0.3) is 5.91 Å². The lowest BCUT2D eigenvalue weighted by atomic mass is 10.1. The Morgan fingerprint density at radius 2 is 2.00 bits per heavy atom. The van der Waals surface area contributed by atoms with E-state index in [4.69, 9.17) is 13.6 Å². The summed E-state index contributed by atoms with van der Waals surface area (Å²) in [5, 5.41) is 2.77. The predicted molar refractivity (Wildman–Crippen MR) is 83.1 cm³/mol. The molecule has 0 bridgehead atoms. The molecule has 0 saturated heterocycles. The summed E-state index contributed by atoms with van der Waals surface area (Å²) in [6, 6.07) is 10.9. The Bertz CT molecular complexity index is 802. The lowest BCUT2D eigenvalue weighted by Crippen LogP contribution is -2.23. The fourth-order valence-electron chi connectivity index (χ4n) is 2.19. The first-order chi connectivity index (χ1) is 11.2. The number of rotatable bonds is 5. The Balaban J connectivity index is 1.75. The lowest BCUT2D eigenvalue weighted by Gasteiger charge is -2.04. The molecule has 2 aromatic heterocycles. The molecular weight excluding hydrogens is 296 g/mol. The van der Waals surface area contributed by atoms with Gasteiger partial charge in [0, 0.05) is 5.56 Å². The molecule has 0 saturated carbocycles. The summed E-state index contributed by atoms with van der Waals surface area (Å²) in [6.07, 6.45) is 1.26. The zero-order valence-corrected chi connectivity index (χ0v) is 12.8. The number of carbonyl (C=O) groups is 1. The van der Waals surface area contributed by atoms with Crippen molar-refractivity contribution in [2.24, 2.45) is 0 Å². The summed E-state index contributed by atoms with van der Waals surface area (Å²) in [5.74, 6) is 2.31. The zero-order chi connectivity index (χ0) is 16.2. The van der Waals surface area contributed by atoms with Crippen molar-refractivity contribution in [3.63, 3.8) is 0 Å². The summed E-state index contributed by atoms with van der Waals surface area (Å²) in [4.78, 5) is 16.3. The molecule has 1 N–H and O–H groups in total. The molecule has 0 radical (unpaired) electrons. The SMILES string of the molecule is COc1ccc(-c2ocnc2C(=O)NCc2ccc(C)o2)cc1. The average molecular weight is 312 g/mol. The average Bonchev–Trinajstić information content (AvgIpc) is 3.21. The molecule has 0 aliphatic carbocycles. The van der Waals surface area contributed by atoms with E-state index >= 15 is 0 Å². The second-order valence-electron chi connectivity index (χ2n) is 4.95. The third-order valence-corrected chi connectivity index (χ3v) is 3.35. The number of hydrogen-bond donors (Lipinski definition) is 1. The molecule has 0 spiro atoms. The molecular formula is C17H16N2O4. The second-order valence-corrected chi connectivity index (χ2v) is 4.95. The third kappa shape index (κ3) is 3.26. The minimum atomic E-state index is -0.321. The summed E-state index contributed by atoms with van der Waals surface area (Å²) in [5.41, 5.74) is 0.987. The Morgan fingerprint density at radius 1 is 1.22 bits per heavy atom. The van der Waals surface area contributed by atoms with E-state index in [1.807, 2.05) is 31.2 Å². The second kappa shape index (κ2) is 6.39. The van der Waals surface area contributed by atoms with E-state index < -0.39 is 0 Å². The normalized spacial score (nSPS) is 10.5. The Hall–Kier alpha value is -3.02. The van der Waals surface area contributed by atoms with Crippen LogP contribution < -0.4 is 10.1 Å². The van der Waals surface area contributed by atoms with Crippen LogP contribution >= 0.6 is 0 Å². The van der Waals surface area contributed by atoms with Gasteiger partial charge in [-0.15, -0.1) is 0 Å². The molecule has 23 heavy (non-hydrogen) atoms. The van der Waals surface area contributed by atoms with Crippen molar-refractivity contribution in [1.29, 1.82) is 0 Å². The van der Waals surface area contributed by atoms with Crippen LogP contribution in [0.3, 0.4) is 0 Å². The first-order valence-electron chi connectivity index (χ1n) is 7.09. The summed E-state index contributed by atoms with van der Waals surface area (Å²) < 4.78 is 15.9. The number of nitrogens with zero attached hydrogens (tertiary/aromatic N) is 1. The maximum Gasteiger partial charge on any atom is 0.274 e. The van der Waals surface area contributed by atoms with Crippen molar-refractivity contribution in [1.82, 2.24) is 10.3 Å². The number of hydrogen-bond acceptors (Lipinski definition) is 5. The van der Waals surface area contributed by atoms with Gasteiger partial charge in [-0.2, -0.15) is 0 Å². The van der Waals surface area contributed by atoms with Gasteiger partial charge >= 0.3 is 0 Å². The highest BCUT2D eigenvalue weighted by atomic mass is 16.5. The predicted octanol–water partition coefficient (Wildman–Crippen LogP) is 3.18. The van der Waals surface area contributed by atoms with Gasteiger partial charge in [-0.1, -0.05) is 0 Å². The molecule has 3 aromatic rings. The van der Waals surface area contributed by atoms with Crippen molar-refractivity contribution in [3.8, 4) is 17.1 Å². The van der Waals surface area contributed by atoms with Crippen LogP contribution in [0.2, 0.25) is 0 Å². The van der Waals surface area contributed by atoms with E-state index in [0.717, 1.165) is 17.1 Å². The minimum absolute atomic E-state index is 0.235. The van der Waals surface area contributed by atoms with Crippen LogP contribution in [0, 0.1) is 6.92 Å². The van der Waals surface area contributed by atoms with Gasteiger partial charge in [0.2, 0.25) is 0 Å².